The molecule has 1 fully saturated rings. The van der Waals surface area contributed by atoms with E-state index in [4.69, 9.17) is 15.9 Å². The van der Waals surface area contributed by atoms with Crippen molar-refractivity contribution in [2.24, 2.45) is 5.73 Å². The molecule has 0 aliphatic carbocycles. The van der Waals surface area contributed by atoms with Crippen LogP contribution in [0.2, 0.25) is 0 Å². The fraction of sp³-hybridized carbons (Fsp3) is 0.562. The summed E-state index contributed by atoms with van der Waals surface area (Å²) in [6, 6.07) is 6.31. The highest BCUT2D eigenvalue weighted by Crippen LogP contribution is 2.22. The number of rotatable bonds is 6. The number of likely N-dealkylation sites (tertiary alicyclic amines) is 1. The molecule has 5 heteroatoms. The topological polar surface area (TPSA) is 65.6 Å². The standard InChI is InChI=1S/C16H26N4O/c1-19(11-14-5-4-8-20(14)2)10-13-9-12(16(17)18)6-7-15(13)21-3/h6-7,9,14H,4-5,8,10-11H2,1-3H3,(H3,17,18). The highest BCUT2D eigenvalue weighted by atomic mass is 16.5. The normalized spacial score (nSPS) is 19.1. The molecule has 1 saturated heterocycles. The second-order valence-corrected chi connectivity index (χ2v) is 5.91. The van der Waals surface area contributed by atoms with E-state index in [2.05, 4.69) is 23.9 Å². The Kier molecular flexibility index (Phi) is 5.20. The Labute approximate surface area is 127 Å². The summed E-state index contributed by atoms with van der Waals surface area (Å²) in [5, 5.41) is 7.57. The van der Waals surface area contributed by atoms with Gasteiger partial charge in [0, 0.05) is 30.3 Å². The van der Waals surface area contributed by atoms with Gasteiger partial charge in [-0.3, -0.25) is 5.41 Å². The fourth-order valence-corrected chi connectivity index (χ4v) is 2.99. The van der Waals surface area contributed by atoms with Crippen molar-refractivity contribution in [1.82, 2.24) is 9.80 Å². The quantitative estimate of drug-likeness (QED) is 0.615. The molecular formula is C16H26N4O. The minimum absolute atomic E-state index is 0.0945. The maximum Gasteiger partial charge on any atom is 0.123 e. The van der Waals surface area contributed by atoms with Gasteiger partial charge in [-0.25, -0.2) is 0 Å². The molecule has 1 aromatic rings. The molecule has 3 N–H and O–H groups in total. The zero-order chi connectivity index (χ0) is 15.4. The molecule has 0 radical (unpaired) electrons. The summed E-state index contributed by atoms with van der Waals surface area (Å²) < 4.78 is 5.42. The number of hydrogen-bond donors (Lipinski definition) is 2. The average molecular weight is 290 g/mol. The molecule has 1 atom stereocenters. The van der Waals surface area contributed by atoms with Gasteiger partial charge in [0.25, 0.3) is 0 Å². The van der Waals surface area contributed by atoms with Crippen molar-refractivity contribution in [3.8, 4) is 5.75 Å². The third-order valence-corrected chi connectivity index (χ3v) is 4.23. The summed E-state index contributed by atoms with van der Waals surface area (Å²) in [4.78, 5) is 4.74. The molecule has 1 aromatic carbocycles. The van der Waals surface area contributed by atoms with Crippen LogP contribution < -0.4 is 10.5 Å². The number of nitrogens with zero attached hydrogens (tertiary/aromatic N) is 2. The van der Waals surface area contributed by atoms with E-state index < -0.39 is 0 Å². The fourth-order valence-electron chi connectivity index (χ4n) is 2.99. The van der Waals surface area contributed by atoms with Crippen molar-refractivity contribution < 1.29 is 4.74 Å². The maximum atomic E-state index is 7.57. The molecule has 0 bridgehead atoms. The number of nitrogens with two attached hydrogens (primary N) is 1. The first-order chi connectivity index (χ1) is 10.0. The van der Waals surface area contributed by atoms with Crippen molar-refractivity contribution in [2.75, 3.05) is 34.3 Å². The minimum atomic E-state index is 0.0945. The molecule has 0 aromatic heterocycles. The van der Waals surface area contributed by atoms with Gasteiger partial charge in [0.2, 0.25) is 0 Å². The number of ether oxygens (including phenoxy) is 1. The predicted molar refractivity (Wildman–Crippen MR) is 86.0 cm³/mol. The van der Waals surface area contributed by atoms with Gasteiger partial charge in [-0.15, -0.1) is 0 Å². The minimum Gasteiger partial charge on any atom is -0.496 e. The van der Waals surface area contributed by atoms with E-state index in [1.165, 1.54) is 19.4 Å². The smallest absolute Gasteiger partial charge is 0.123 e. The lowest BCUT2D eigenvalue weighted by Crippen LogP contribution is -2.36. The number of amidine groups is 1. The second kappa shape index (κ2) is 6.91. The van der Waals surface area contributed by atoms with E-state index in [1.807, 2.05) is 18.2 Å². The lowest BCUT2D eigenvalue weighted by molar-refractivity contribution is 0.214. The molecule has 0 amide bonds. The summed E-state index contributed by atoms with van der Waals surface area (Å²) in [7, 11) is 6.01. The van der Waals surface area contributed by atoms with Gasteiger partial charge in [0.1, 0.15) is 11.6 Å². The first-order valence-corrected chi connectivity index (χ1v) is 7.41. The van der Waals surface area contributed by atoms with E-state index in [0.29, 0.717) is 6.04 Å². The van der Waals surface area contributed by atoms with Crippen LogP contribution >= 0.6 is 0 Å². The first kappa shape index (κ1) is 15.8. The highest BCUT2D eigenvalue weighted by molar-refractivity contribution is 5.95. The van der Waals surface area contributed by atoms with E-state index in [-0.39, 0.29) is 5.84 Å². The second-order valence-electron chi connectivity index (χ2n) is 5.91. The number of hydrogen-bond acceptors (Lipinski definition) is 4. The number of likely N-dealkylation sites (N-methyl/N-ethyl adjacent to an activating group) is 2. The zero-order valence-electron chi connectivity index (χ0n) is 13.2. The van der Waals surface area contributed by atoms with Gasteiger partial charge in [-0.2, -0.15) is 0 Å². The van der Waals surface area contributed by atoms with E-state index in [0.717, 1.165) is 30.0 Å². The van der Waals surface area contributed by atoms with Crippen LogP contribution in [0.4, 0.5) is 0 Å². The SMILES string of the molecule is COc1ccc(C(=N)N)cc1CN(C)CC1CCCN1C. The monoisotopic (exact) mass is 290 g/mol. The molecular weight excluding hydrogens is 264 g/mol. The van der Waals surface area contributed by atoms with Crippen molar-refractivity contribution in [2.45, 2.75) is 25.4 Å². The average Bonchev–Trinajstić information content (AvgIpc) is 2.84. The largest absolute Gasteiger partial charge is 0.496 e. The van der Waals surface area contributed by atoms with Crippen LogP contribution in [0.5, 0.6) is 5.75 Å². The van der Waals surface area contributed by atoms with Gasteiger partial charge in [-0.05, 0) is 51.7 Å². The van der Waals surface area contributed by atoms with Crippen LogP contribution in [0.25, 0.3) is 0 Å². The Morgan fingerprint density at radius 2 is 2.29 bits per heavy atom. The van der Waals surface area contributed by atoms with Crippen LogP contribution in [0.15, 0.2) is 18.2 Å². The van der Waals surface area contributed by atoms with Crippen molar-refractivity contribution in [3.63, 3.8) is 0 Å². The number of nitrogen functional groups attached to an aromatic ring is 1. The van der Waals surface area contributed by atoms with Gasteiger partial charge < -0.3 is 20.3 Å². The summed E-state index contributed by atoms with van der Waals surface area (Å²) in [6.45, 7) is 3.04. The Hall–Kier alpha value is -1.59. The summed E-state index contributed by atoms with van der Waals surface area (Å²) in [5.41, 5.74) is 7.40. The first-order valence-electron chi connectivity index (χ1n) is 7.41. The van der Waals surface area contributed by atoms with Gasteiger partial charge in [0.05, 0.1) is 7.11 Å². The third-order valence-electron chi connectivity index (χ3n) is 4.23. The Morgan fingerprint density at radius 3 is 2.86 bits per heavy atom. The molecule has 5 nitrogen and oxygen atoms in total. The van der Waals surface area contributed by atoms with E-state index in [1.54, 1.807) is 7.11 Å². The third kappa shape index (κ3) is 3.95. The van der Waals surface area contributed by atoms with E-state index in [9.17, 15) is 0 Å². The zero-order valence-corrected chi connectivity index (χ0v) is 13.2. The lowest BCUT2D eigenvalue weighted by Gasteiger charge is -2.26. The van der Waals surface area contributed by atoms with Gasteiger partial charge in [-0.1, -0.05) is 0 Å². The molecule has 1 heterocycles. The Bertz CT molecular complexity index is 503. The number of methoxy groups -OCH3 is 1. The van der Waals surface area contributed by atoms with Crippen LogP contribution in [0, 0.1) is 5.41 Å². The number of nitrogens with one attached hydrogen (secondary N) is 1. The molecule has 0 saturated carbocycles. The molecule has 116 valence electrons. The molecule has 21 heavy (non-hydrogen) atoms. The van der Waals surface area contributed by atoms with Crippen LogP contribution in [0.3, 0.4) is 0 Å². The molecule has 2 rings (SSSR count). The van der Waals surface area contributed by atoms with E-state index >= 15 is 0 Å². The van der Waals surface area contributed by atoms with Gasteiger partial charge >= 0.3 is 0 Å². The lowest BCUT2D eigenvalue weighted by atomic mass is 10.1. The van der Waals surface area contributed by atoms with Crippen LogP contribution in [-0.4, -0.2) is 56.0 Å². The van der Waals surface area contributed by atoms with Crippen molar-refractivity contribution in [1.29, 1.82) is 5.41 Å². The highest BCUT2D eigenvalue weighted by Gasteiger charge is 2.22. The molecule has 0 spiro atoms. The summed E-state index contributed by atoms with van der Waals surface area (Å²) >= 11 is 0. The molecule has 1 aliphatic heterocycles. The van der Waals surface area contributed by atoms with Gasteiger partial charge in [0.15, 0.2) is 0 Å². The number of benzene rings is 1. The van der Waals surface area contributed by atoms with Crippen LogP contribution in [-0.2, 0) is 6.54 Å². The van der Waals surface area contributed by atoms with Crippen molar-refractivity contribution in [3.05, 3.63) is 29.3 Å². The molecule has 1 aliphatic rings. The maximum absolute atomic E-state index is 7.57. The van der Waals surface area contributed by atoms with Crippen molar-refractivity contribution >= 4 is 5.84 Å². The summed E-state index contributed by atoms with van der Waals surface area (Å²) in [6.07, 6.45) is 2.56. The Morgan fingerprint density at radius 1 is 1.52 bits per heavy atom. The summed E-state index contributed by atoms with van der Waals surface area (Å²) in [5.74, 6) is 0.948. The van der Waals surface area contributed by atoms with Crippen LogP contribution in [0.1, 0.15) is 24.0 Å². The Balaban J connectivity index is 2.06. The predicted octanol–water partition coefficient (Wildman–Crippen LogP) is 1.51. The molecule has 1 unspecified atom stereocenters.